The van der Waals surface area contributed by atoms with Gasteiger partial charge in [-0.05, 0) is 32.1 Å². The van der Waals surface area contributed by atoms with Crippen molar-refractivity contribution in [2.24, 2.45) is 11.8 Å². The van der Waals surface area contributed by atoms with Gasteiger partial charge < -0.3 is 5.32 Å². The summed E-state index contributed by atoms with van der Waals surface area (Å²) in [6.45, 7) is 10.1. The molecule has 0 aromatic rings. The van der Waals surface area contributed by atoms with Crippen LogP contribution in [-0.2, 0) is 0 Å². The summed E-state index contributed by atoms with van der Waals surface area (Å²) in [5.41, 5.74) is 1.41. The SMILES string of the molecule is CC(C)=CCNC1CCCC(C)C1C. The molecule has 1 nitrogen and oxygen atoms in total. The van der Waals surface area contributed by atoms with E-state index in [2.05, 4.69) is 39.1 Å². The standard InChI is InChI=1S/C13H25N/c1-10(2)8-9-14-13-7-5-6-11(3)12(13)4/h8,11-14H,5-7,9H2,1-4H3. The summed E-state index contributed by atoms with van der Waals surface area (Å²) >= 11 is 0. The zero-order chi connectivity index (χ0) is 10.6. The largest absolute Gasteiger partial charge is 0.310 e. The van der Waals surface area contributed by atoms with E-state index in [1.54, 1.807) is 0 Å². The number of allylic oxidation sites excluding steroid dienone is 1. The predicted octanol–water partition coefficient (Wildman–Crippen LogP) is 3.37. The van der Waals surface area contributed by atoms with E-state index >= 15 is 0 Å². The molecule has 1 rings (SSSR count). The fraction of sp³-hybridized carbons (Fsp3) is 0.846. The van der Waals surface area contributed by atoms with Gasteiger partial charge in [-0.25, -0.2) is 0 Å². The number of rotatable bonds is 3. The molecule has 1 fully saturated rings. The van der Waals surface area contributed by atoms with Gasteiger partial charge >= 0.3 is 0 Å². The lowest BCUT2D eigenvalue weighted by molar-refractivity contribution is 0.211. The minimum Gasteiger partial charge on any atom is -0.310 e. The van der Waals surface area contributed by atoms with Crippen molar-refractivity contribution in [1.82, 2.24) is 5.32 Å². The van der Waals surface area contributed by atoms with Crippen molar-refractivity contribution in [3.05, 3.63) is 11.6 Å². The first kappa shape index (κ1) is 11.8. The summed E-state index contributed by atoms with van der Waals surface area (Å²) in [7, 11) is 0. The van der Waals surface area contributed by atoms with Crippen LogP contribution in [0.25, 0.3) is 0 Å². The Morgan fingerprint density at radius 3 is 2.64 bits per heavy atom. The monoisotopic (exact) mass is 195 g/mol. The van der Waals surface area contributed by atoms with Gasteiger partial charge in [0, 0.05) is 12.6 Å². The van der Waals surface area contributed by atoms with Crippen LogP contribution in [-0.4, -0.2) is 12.6 Å². The summed E-state index contributed by atoms with van der Waals surface area (Å²) < 4.78 is 0. The van der Waals surface area contributed by atoms with Crippen molar-refractivity contribution < 1.29 is 0 Å². The van der Waals surface area contributed by atoms with Gasteiger partial charge in [0.25, 0.3) is 0 Å². The molecule has 0 aromatic carbocycles. The smallest absolute Gasteiger partial charge is 0.0140 e. The molecule has 1 N–H and O–H groups in total. The molecule has 0 saturated heterocycles. The van der Waals surface area contributed by atoms with Crippen LogP contribution in [0.2, 0.25) is 0 Å². The topological polar surface area (TPSA) is 12.0 Å². The molecule has 3 unspecified atom stereocenters. The Morgan fingerprint density at radius 1 is 1.29 bits per heavy atom. The van der Waals surface area contributed by atoms with Crippen LogP contribution in [0.4, 0.5) is 0 Å². The van der Waals surface area contributed by atoms with E-state index in [0.717, 1.165) is 24.4 Å². The first-order chi connectivity index (χ1) is 6.61. The number of hydrogen-bond donors (Lipinski definition) is 1. The first-order valence-electron chi connectivity index (χ1n) is 5.98. The first-order valence-corrected chi connectivity index (χ1v) is 5.98. The van der Waals surface area contributed by atoms with Crippen LogP contribution in [0.5, 0.6) is 0 Å². The molecule has 0 radical (unpaired) electrons. The zero-order valence-corrected chi connectivity index (χ0v) is 10.1. The Labute approximate surface area is 89.0 Å². The van der Waals surface area contributed by atoms with Crippen molar-refractivity contribution in [3.8, 4) is 0 Å². The number of nitrogens with one attached hydrogen (secondary N) is 1. The maximum absolute atomic E-state index is 3.66. The van der Waals surface area contributed by atoms with Gasteiger partial charge in [-0.3, -0.25) is 0 Å². The summed E-state index contributed by atoms with van der Waals surface area (Å²) in [6, 6.07) is 0.745. The van der Waals surface area contributed by atoms with E-state index in [4.69, 9.17) is 0 Å². The fourth-order valence-electron chi connectivity index (χ4n) is 2.28. The lowest BCUT2D eigenvalue weighted by Crippen LogP contribution is -2.40. The number of hydrogen-bond acceptors (Lipinski definition) is 1. The molecule has 0 bridgehead atoms. The summed E-state index contributed by atoms with van der Waals surface area (Å²) in [5.74, 6) is 1.74. The van der Waals surface area contributed by atoms with E-state index in [1.165, 1.54) is 24.8 Å². The van der Waals surface area contributed by atoms with Crippen molar-refractivity contribution in [2.75, 3.05) is 6.54 Å². The Balaban J connectivity index is 2.32. The van der Waals surface area contributed by atoms with Gasteiger partial charge in [0.1, 0.15) is 0 Å². The highest BCUT2D eigenvalue weighted by Gasteiger charge is 2.25. The van der Waals surface area contributed by atoms with Crippen molar-refractivity contribution in [3.63, 3.8) is 0 Å². The Kier molecular flexibility index (Phi) is 4.67. The van der Waals surface area contributed by atoms with Crippen LogP contribution in [0.1, 0.15) is 47.0 Å². The highest BCUT2D eigenvalue weighted by atomic mass is 14.9. The van der Waals surface area contributed by atoms with E-state index in [1.807, 2.05) is 0 Å². The molecule has 0 aromatic heterocycles. The summed E-state index contributed by atoms with van der Waals surface area (Å²) in [6.07, 6.45) is 6.47. The lowest BCUT2D eigenvalue weighted by atomic mass is 9.78. The molecule has 82 valence electrons. The van der Waals surface area contributed by atoms with Crippen LogP contribution < -0.4 is 5.32 Å². The summed E-state index contributed by atoms with van der Waals surface area (Å²) in [5, 5.41) is 3.66. The van der Waals surface area contributed by atoms with Gasteiger partial charge in [0.15, 0.2) is 0 Å². The molecule has 0 heterocycles. The molecule has 1 aliphatic carbocycles. The molecule has 0 amide bonds. The van der Waals surface area contributed by atoms with Crippen LogP contribution >= 0.6 is 0 Å². The van der Waals surface area contributed by atoms with E-state index < -0.39 is 0 Å². The quantitative estimate of drug-likeness (QED) is 0.681. The Hall–Kier alpha value is -0.300. The highest BCUT2D eigenvalue weighted by molar-refractivity contribution is 4.95. The molecule has 1 saturated carbocycles. The van der Waals surface area contributed by atoms with Gasteiger partial charge in [-0.2, -0.15) is 0 Å². The zero-order valence-electron chi connectivity index (χ0n) is 10.1. The van der Waals surface area contributed by atoms with Gasteiger partial charge in [-0.15, -0.1) is 0 Å². The van der Waals surface area contributed by atoms with E-state index in [0.29, 0.717) is 0 Å². The molecule has 3 atom stereocenters. The average Bonchev–Trinajstić information content (AvgIpc) is 2.12. The minimum atomic E-state index is 0.745. The van der Waals surface area contributed by atoms with Crippen molar-refractivity contribution in [1.29, 1.82) is 0 Å². The third-order valence-electron chi connectivity index (χ3n) is 3.60. The fourth-order valence-corrected chi connectivity index (χ4v) is 2.28. The molecule has 0 spiro atoms. The third kappa shape index (κ3) is 3.45. The van der Waals surface area contributed by atoms with Gasteiger partial charge in [0.05, 0.1) is 0 Å². The van der Waals surface area contributed by atoms with Gasteiger partial charge in [-0.1, -0.05) is 38.3 Å². The van der Waals surface area contributed by atoms with Crippen LogP contribution in [0, 0.1) is 11.8 Å². The minimum absolute atomic E-state index is 0.745. The Morgan fingerprint density at radius 2 is 2.00 bits per heavy atom. The maximum atomic E-state index is 3.66. The predicted molar refractivity (Wildman–Crippen MR) is 63.4 cm³/mol. The van der Waals surface area contributed by atoms with Crippen molar-refractivity contribution in [2.45, 2.75) is 53.0 Å². The summed E-state index contributed by atoms with van der Waals surface area (Å²) in [4.78, 5) is 0. The molecule has 0 aliphatic heterocycles. The second-order valence-electron chi connectivity index (χ2n) is 5.06. The Bertz CT molecular complexity index is 191. The van der Waals surface area contributed by atoms with Gasteiger partial charge in [0.2, 0.25) is 0 Å². The second-order valence-corrected chi connectivity index (χ2v) is 5.06. The molecular weight excluding hydrogens is 170 g/mol. The average molecular weight is 195 g/mol. The maximum Gasteiger partial charge on any atom is 0.0140 e. The van der Waals surface area contributed by atoms with Crippen LogP contribution in [0.3, 0.4) is 0 Å². The van der Waals surface area contributed by atoms with E-state index in [-0.39, 0.29) is 0 Å². The third-order valence-corrected chi connectivity index (χ3v) is 3.60. The molecule has 14 heavy (non-hydrogen) atoms. The normalized spacial score (nSPS) is 32.7. The van der Waals surface area contributed by atoms with Crippen LogP contribution in [0.15, 0.2) is 11.6 Å². The van der Waals surface area contributed by atoms with Crippen molar-refractivity contribution >= 4 is 0 Å². The molecule has 1 heteroatoms. The second kappa shape index (κ2) is 5.55. The molecular formula is C13H25N. The lowest BCUT2D eigenvalue weighted by Gasteiger charge is -2.34. The highest BCUT2D eigenvalue weighted by Crippen LogP contribution is 2.29. The molecule has 1 aliphatic rings. The van der Waals surface area contributed by atoms with E-state index in [9.17, 15) is 0 Å².